The van der Waals surface area contributed by atoms with E-state index in [9.17, 15) is 0 Å². The van der Waals surface area contributed by atoms with Crippen molar-refractivity contribution in [3.63, 3.8) is 0 Å². The summed E-state index contributed by atoms with van der Waals surface area (Å²) in [5.41, 5.74) is 15.8. The highest BCUT2D eigenvalue weighted by atomic mass is 15.2. The van der Waals surface area contributed by atoms with Crippen LogP contribution in [0.25, 0.3) is 0 Å². The summed E-state index contributed by atoms with van der Waals surface area (Å²) in [4.78, 5) is 3.10. The Hall–Kier alpha value is -1.50. The topological polar surface area (TPSA) is 159 Å². The van der Waals surface area contributed by atoms with Gasteiger partial charge in [0.1, 0.15) is 0 Å². The Morgan fingerprint density at radius 2 is 1.78 bits per heavy atom. The van der Waals surface area contributed by atoms with Crippen LogP contribution in [0.3, 0.4) is 0 Å². The van der Waals surface area contributed by atoms with Crippen LogP contribution in [0.4, 0.5) is 0 Å². The Morgan fingerprint density at radius 1 is 1.33 bits per heavy atom. The van der Waals surface area contributed by atoms with E-state index in [-0.39, 0.29) is 12.1 Å². The molecule has 0 unspecified atom stereocenters. The lowest BCUT2D eigenvalue weighted by molar-refractivity contribution is 1.14. The predicted octanol–water partition coefficient (Wildman–Crippen LogP) is -0.612. The molecule has 0 aliphatic heterocycles. The van der Waals surface area contributed by atoms with Gasteiger partial charge >= 0.3 is 0 Å². The second-order valence-corrected chi connectivity index (χ2v) is 0.972. The van der Waals surface area contributed by atoms with Gasteiger partial charge in [-0.1, -0.05) is 0 Å². The van der Waals surface area contributed by atoms with E-state index in [1.54, 1.807) is 0 Å². The summed E-state index contributed by atoms with van der Waals surface area (Å²) >= 11 is 0. The standard InChI is InChI=1S/C2H6N6.H3N/c3-1(4)7-2(5)8-6;/h6H,(H5,3,4,5,7);1H3. The maximum absolute atomic E-state index is 6.57. The summed E-state index contributed by atoms with van der Waals surface area (Å²) in [7, 11) is 0. The van der Waals surface area contributed by atoms with E-state index in [0.29, 0.717) is 0 Å². The summed E-state index contributed by atoms with van der Waals surface area (Å²) in [6.45, 7) is 0. The van der Waals surface area contributed by atoms with Gasteiger partial charge in [0.25, 0.3) is 5.96 Å². The quantitative estimate of drug-likeness (QED) is 0.169. The van der Waals surface area contributed by atoms with Crippen LogP contribution in [-0.4, -0.2) is 11.9 Å². The normalized spacial score (nSPS) is 6.67. The van der Waals surface area contributed by atoms with Crippen molar-refractivity contribution < 1.29 is 0 Å². The van der Waals surface area contributed by atoms with Gasteiger partial charge in [-0.25, -0.2) is 5.53 Å². The number of hydrogen-bond donors (Lipinski definition) is 5. The molecule has 0 radical (unpaired) electrons. The van der Waals surface area contributed by atoms with Crippen LogP contribution >= 0.6 is 0 Å². The van der Waals surface area contributed by atoms with Crippen molar-refractivity contribution >= 4 is 11.9 Å². The van der Waals surface area contributed by atoms with Crippen molar-refractivity contribution in [2.45, 2.75) is 0 Å². The van der Waals surface area contributed by atoms with Crippen LogP contribution in [-0.2, 0) is 0 Å². The fourth-order valence-corrected chi connectivity index (χ4v) is 0.147. The van der Waals surface area contributed by atoms with Crippen LogP contribution < -0.4 is 17.6 Å². The van der Waals surface area contributed by atoms with Gasteiger partial charge in [0.05, 0.1) is 0 Å². The van der Waals surface area contributed by atoms with Gasteiger partial charge in [-0.15, -0.1) is 5.11 Å². The molecule has 7 nitrogen and oxygen atoms in total. The third-order valence-electron chi connectivity index (χ3n) is 0.341. The van der Waals surface area contributed by atoms with Gasteiger partial charge in [-0.05, 0) is 0 Å². The van der Waals surface area contributed by atoms with E-state index < -0.39 is 5.96 Å². The van der Waals surface area contributed by atoms with Crippen LogP contribution in [0.1, 0.15) is 0 Å². The fraction of sp³-hybridized carbons (Fsp3) is 0. The maximum atomic E-state index is 6.57. The number of guanidine groups is 2. The summed E-state index contributed by atoms with van der Waals surface area (Å²) in [5, 5.41) is 9.18. The third kappa shape index (κ3) is 6.50. The Labute approximate surface area is 51.7 Å². The molecule has 0 bridgehead atoms. The van der Waals surface area contributed by atoms with Crippen LogP contribution in [0.5, 0.6) is 0 Å². The lowest BCUT2D eigenvalue weighted by Gasteiger charge is -1.84. The SMILES string of the molecule is N.N=NC(=N)N=C(N)N. The van der Waals surface area contributed by atoms with Gasteiger partial charge < -0.3 is 17.6 Å². The molecule has 9 heavy (non-hydrogen) atoms. The number of nitrogens with zero attached hydrogens (tertiary/aromatic N) is 2. The molecule has 0 amide bonds. The van der Waals surface area contributed by atoms with Crippen molar-refractivity contribution in [3.8, 4) is 0 Å². The zero-order valence-corrected chi connectivity index (χ0v) is 4.76. The largest absolute Gasteiger partial charge is 0.370 e. The third-order valence-corrected chi connectivity index (χ3v) is 0.341. The Kier molecular flexibility index (Phi) is 5.42. The van der Waals surface area contributed by atoms with Crippen LogP contribution in [0.15, 0.2) is 10.1 Å². The van der Waals surface area contributed by atoms with Gasteiger partial charge in [0.2, 0.25) is 0 Å². The molecular weight excluding hydrogens is 122 g/mol. The Balaban J connectivity index is 0. The highest BCUT2D eigenvalue weighted by Gasteiger charge is 1.84. The maximum Gasteiger partial charge on any atom is 0.263 e. The van der Waals surface area contributed by atoms with E-state index in [1.165, 1.54) is 0 Å². The van der Waals surface area contributed by atoms with Gasteiger partial charge in [-0.2, -0.15) is 4.99 Å². The summed E-state index contributed by atoms with van der Waals surface area (Å²) in [5.74, 6) is -0.754. The second-order valence-electron chi connectivity index (χ2n) is 0.972. The van der Waals surface area contributed by atoms with Crippen molar-refractivity contribution in [1.29, 1.82) is 10.9 Å². The van der Waals surface area contributed by atoms with E-state index >= 15 is 0 Å². The van der Waals surface area contributed by atoms with E-state index in [2.05, 4.69) is 10.1 Å². The Bertz CT molecular complexity index is 130. The number of aliphatic imine (C=N–C) groups is 1. The number of rotatable bonds is 0. The van der Waals surface area contributed by atoms with Gasteiger partial charge in [-0.3, -0.25) is 5.41 Å². The van der Waals surface area contributed by atoms with Crippen molar-refractivity contribution in [2.24, 2.45) is 21.6 Å². The highest BCUT2D eigenvalue weighted by molar-refractivity contribution is 5.91. The molecule has 0 aliphatic rings. The van der Waals surface area contributed by atoms with Gasteiger partial charge in [0, 0.05) is 0 Å². The summed E-state index contributed by atoms with van der Waals surface area (Å²) < 4.78 is 0. The number of nitrogens with one attached hydrogen (secondary N) is 2. The lowest BCUT2D eigenvalue weighted by Crippen LogP contribution is -2.23. The molecule has 52 valence electrons. The first-order valence-corrected chi connectivity index (χ1v) is 1.72. The van der Waals surface area contributed by atoms with Crippen LogP contribution in [0.2, 0.25) is 0 Å². The molecule has 0 saturated heterocycles. The van der Waals surface area contributed by atoms with E-state index in [1.807, 2.05) is 0 Å². The molecule has 0 saturated carbocycles. The average molecular weight is 131 g/mol. The van der Waals surface area contributed by atoms with Gasteiger partial charge in [0.15, 0.2) is 5.96 Å². The summed E-state index contributed by atoms with van der Waals surface area (Å²) in [6.07, 6.45) is 0. The first-order chi connectivity index (χ1) is 3.66. The smallest absolute Gasteiger partial charge is 0.263 e. The highest BCUT2D eigenvalue weighted by Crippen LogP contribution is 1.72. The number of nitrogens with two attached hydrogens (primary N) is 2. The Morgan fingerprint density at radius 3 is 1.89 bits per heavy atom. The molecule has 0 heterocycles. The predicted molar refractivity (Wildman–Crippen MR) is 33.7 cm³/mol. The minimum Gasteiger partial charge on any atom is -0.370 e. The van der Waals surface area contributed by atoms with Crippen LogP contribution in [0, 0.1) is 10.9 Å². The molecule has 0 fully saturated rings. The van der Waals surface area contributed by atoms with E-state index in [4.69, 9.17) is 22.4 Å². The zero-order chi connectivity index (χ0) is 6.57. The first kappa shape index (κ1) is 10.5. The molecule has 0 rings (SSSR count). The molecule has 0 aromatic carbocycles. The summed E-state index contributed by atoms with van der Waals surface area (Å²) in [6, 6.07) is 0. The van der Waals surface area contributed by atoms with Crippen molar-refractivity contribution in [2.75, 3.05) is 0 Å². The minimum absolute atomic E-state index is 0. The molecule has 9 N–H and O–H groups in total. The number of hydrogen-bond acceptors (Lipinski definition) is 3. The zero-order valence-electron chi connectivity index (χ0n) is 4.76. The van der Waals surface area contributed by atoms with E-state index in [0.717, 1.165) is 0 Å². The molecule has 0 atom stereocenters. The van der Waals surface area contributed by atoms with Crippen molar-refractivity contribution in [3.05, 3.63) is 0 Å². The lowest BCUT2D eigenvalue weighted by atomic mass is 11.0. The fourth-order valence-electron chi connectivity index (χ4n) is 0.147. The molecule has 0 aromatic rings. The molecule has 0 spiro atoms. The monoisotopic (exact) mass is 131 g/mol. The molecule has 0 aliphatic carbocycles. The first-order valence-electron chi connectivity index (χ1n) is 1.72. The molecule has 0 aromatic heterocycles. The minimum atomic E-state index is -0.495. The molecule has 7 heteroatoms. The molecular formula is C2H9N7. The van der Waals surface area contributed by atoms with Crippen molar-refractivity contribution in [1.82, 2.24) is 6.15 Å². The average Bonchev–Trinajstić information content (AvgIpc) is 1.65. The second kappa shape index (κ2) is 4.65.